The molecule has 0 aliphatic carbocycles. The maximum atomic E-state index is 10.1. The predicted octanol–water partition coefficient (Wildman–Crippen LogP) is -11.9. The number of carbonyl (C=O) groups is 4. The standard InChI is InChI=1S/4C6H14N4O2.Ge/c4*7-4(5(11)12)2-1-3-10-6(8)9;/h4*4H,1-3,7H2,(H,11,12)(H4,8,9,10);/q;;;;+4/p-4/t4*4-;/m0000./s1. The Balaban J connectivity index is -0.000000174. The van der Waals surface area contributed by atoms with E-state index in [1.807, 2.05) is 0 Å². The second-order valence-electron chi connectivity index (χ2n) is 9.50. The first-order valence-electron chi connectivity index (χ1n) is 14.2. The van der Waals surface area contributed by atoms with Gasteiger partial charge in [-0.1, -0.05) is 0 Å². The Bertz CT molecular complexity index is 873. The van der Waals surface area contributed by atoms with E-state index in [1.165, 1.54) is 0 Å². The molecular formula is C24H52GeN16O8. The summed E-state index contributed by atoms with van der Waals surface area (Å²) < 4.78 is 0. The molecule has 24 N–H and O–H groups in total. The van der Waals surface area contributed by atoms with Crippen LogP contribution in [0.5, 0.6) is 0 Å². The van der Waals surface area contributed by atoms with Crippen molar-refractivity contribution in [3.63, 3.8) is 0 Å². The maximum absolute atomic E-state index is 10.1. The molecule has 0 fully saturated rings. The molecule has 49 heavy (non-hydrogen) atoms. The summed E-state index contributed by atoms with van der Waals surface area (Å²) in [5.74, 6) is -5.01. The Morgan fingerprint density at radius 1 is 0.388 bits per heavy atom. The SMILES string of the molecule is NC(N)=NCCC[C@H](N)C(=O)[O-].NC(N)=NCCC[C@H](N)C(=O)[O-].NC(N)=NCCC[C@H](N)C(=O)[O-].NC(N)=NCCC[C@H](N)C(=O)[O-].[Ge+4]. The zero-order chi connectivity index (χ0) is 38.2. The van der Waals surface area contributed by atoms with Gasteiger partial charge in [0.2, 0.25) is 0 Å². The molecule has 0 saturated carbocycles. The molecule has 0 aromatic heterocycles. The van der Waals surface area contributed by atoms with Crippen molar-refractivity contribution in [2.75, 3.05) is 26.2 Å². The molecule has 0 bridgehead atoms. The summed E-state index contributed by atoms with van der Waals surface area (Å²) in [6.07, 6.45) is 3.41. The number of nitrogens with two attached hydrogens (primary N) is 12. The van der Waals surface area contributed by atoms with Crippen LogP contribution in [-0.4, -0.2) is 116 Å². The molecule has 0 rings (SSSR count). The summed E-state index contributed by atoms with van der Waals surface area (Å²) in [7, 11) is 0. The van der Waals surface area contributed by atoms with Gasteiger partial charge in [-0.2, -0.15) is 0 Å². The van der Waals surface area contributed by atoms with Gasteiger partial charge in [0.25, 0.3) is 0 Å². The van der Waals surface area contributed by atoms with Crippen molar-refractivity contribution < 1.29 is 39.6 Å². The van der Waals surface area contributed by atoms with Gasteiger partial charge in [0.1, 0.15) is 0 Å². The van der Waals surface area contributed by atoms with Crippen molar-refractivity contribution in [1.29, 1.82) is 0 Å². The van der Waals surface area contributed by atoms with Crippen LogP contribution >= 0.6 is 0 Å². The first-order chi connectivity index (χ1) is 22.1. The minimum absolute atomic E-state index is 0. The molecule has 0 saturated heterocycles. The largest absolute Gasteiger partial charge is 4.00 e. The third-order valence-electron chi connectivity index (χ3n) is 5.08. The van der Waals surface area contributed by atoms with E-state index >= 15 is 0 Å². The molecule has 0 spiro atoms. The molecular weight excluding hydrogens is 713 g/mol. The van der Waals surface area contributed by atoms with E-state index in [9.17, 15) is 39.6 Å². The van der Waals surface area contributed by atoms with E-state index in [2.05, 4.69) is 20.0 Å². The van der Waals surface area contributed by atoms with Crippen LogP contribution in [0.2, 0.25) is 0 Å². The Hall–Kier alpha value is -4.66. The van der Waals surface area contributed by atoms with E-state index in [0.717, 1.165) is 0 Å². The summed E-state index contributed by atoms with van der Waals surface area (Å²) in [5, 5.41) is 40.4. The van der Waals surface area contributed by atoms with Crippen molar-refractivity contribution >= 4 is 65.3 Å². The van der Waals surface area contributed by atoms with Gasteiger partial charge in [-0.25, -0.2) is 0 Å². The fourth-order valence-corrected chi connectivity index (χ4v) is 2.55. The van der Waals surface area contributed by atoms with E-state index < -0.39 is 48.0 Å². The molecule has 4 atom stereocenters. The number of carbonyl (C=O) groups excluding carboxylic acids is 4. The van der Waals surface area contributed by atoms with Gasteiger partial charge >= 0.3 is 17.6 Å². The number of aliphatic carboxylic acids is 4. The number of nitrogens with zero attached hydrogens (tertiary/aromatic N) is 4. The average Bonchev–Trinajstić information content (AvgIpc) is 2.97. The van der Waals surface area contributed by atoms with Crippen LogP contribution in [0.3, 0.4) is 0 Å². The monoisotopic (exact) mass is 766 g/mol. The Morgan fingerprint density at radius 2 is 0.531 bits per heavy atom. The van der Waals surface area contributed by atoms with Gasteiger partial charge in [0, 0.05) is 50.3 Å². The summed E-state index contributed by atoms with van der Waals surface area (Å²) in [5.41, 5.74) is 60.9. The number of carboxylic acids is 4. The van der Waals surface area contributed by atoms with Crippen LogP contribution in [0.1, 0.15) is 51.4 Å². The summed E-state index contributed by atoms with van der Waals surface area (Å²) in [6.45, 7) is 1.57. The molecule has 0 unspecified atom stereocenters. The summed E-state index contributed by atoms with van der Waals surface area (Å²) in [4.78, 5) is 55.1. The molecule has 0 aliphatic rings. The van der Waals surface area contributed by atoms with Gasteiger partial charge in [-0.05, 0) is 51.4 Å². The van der Waals surface area contributed by atoms with Crippen LogP contribution in [0.4, 0.5) is 0 Å². The Morgan fingerprint density at radius 3 is 0.633 bits per heavy atom. The van der Waals surface area contributed by atoms with Crippen LogP contribution in [0.25, 0.3) is 0 Å². The third-order valence-corrected chi connectivity index (χ3v) is 5.08. The van der Waals surface area contributed by atoms with Gasteiger partial charge in [0.15, 0.2) is 23.8 Å². The second-order valence-corrected chi connectivity index (χ2v) is 9.50. The minimum Gasteiger partial charge on any atom is -0.548 e. The van der Waals surface area contributed by atoms with Crippen LogP contribution < -0.4 is 89.2 Å². The Kier molecular flexibility index (Phi) is 38.1. The number of hydrogen-bond acceptors (Lipinski definition) is 16. The predicted molar refractivity (Wildman–Crippen MR) is 177 cm³/mol. The molecule has 0 heterocycles. The van der Waals surface area contributed by atoms with Crippen molar-refractivity contribution in [2.24, 2.45) is 88.8 Å². The van der Waals surface area contributed by atoms with Crippen LogP contribution in [0, 0.1) is 0 Å². The number of hydrogen-bond donors (Lipinski definition) is 12. The summed E-state index contributed by atoms with van der Waals surface area (Å²) in [6, 6.07) is -3.73. The number of carboxylic acid groups (broad SMARTS) is 4. The van der Waals surface area contributed by atoms with Crippen molar-refractivity contribution in [2.45, 2.75) is 75.5 Å². The molecule has 24 nitrogen and oxygen atoms in total. The zero-order valence-corrected chi connectivity index (χ0v) is 29.4. The van der Waals surface area contributed by atoms with Gasteiger partial charge in [-0.15, -0.1) is 0 Å². The fourth-order valence-electron chi connectivity index (χ4n) is 2.55. The minimum atomic E-state index is -1.25. The zero-order valence-electron chi connectivity index (χ0n) is 27.3. The normalized spacial score (nSPS) is 11.8. The first-order valence-corrected chi connectivity index (χ1v) is 14.2. The number of aliphatic imine (C=N–C) groups is 4. The quantitative estimate of drug-likeness (QED) is 0.0237. The number of guanidine groups is 4. The number of rotatable bonds is 20. The smallest absolute Gasteiger partial charge is 0.548 e. The van der Waals surface area contributed by atoms with Crippen molar-refractivity contribution in [3.05, 3.63) is 0 Å². The third kappa shape index (κ3) is 47.9. The average molecular weight is 765 g/mol. The van der Waals surface area contributed by atoms with Crippen LogP contribution in [0.15, 0.2) is 20.0 Å². The van der Waals surface area contributed by atoms with Crippen molar-refractivity contribution in [3.8, 4) is 0 Å². The van der Waals surface area contributed by atoms with Gasteiger partial charge < -0.3 is 108 Å². The molecule has 280 valence electrons. The van der Waals surface area contributed by atoms with E-state index in [0.29, 0.717) is 77.5 Å². The molecule has 0 aromatic carbocycles. The van der Waals surface area contributed by atoms with Crippen molar-refractivity contribution in [1.82, 2.24) is 0 Å². The maximum Gasteiger partial charge on any atom is 4.00 e. The molecule has 25 heteroatoms. The van der Waals surface area contributed by atoms with E-state index in [4.69, 9.17) is 68.8 Å². The van der Waals surface area contributed by atoms with E-state index in [-0.39, 0.29) is 41.4 Å². The molecule has 0 aromatic rings. The molecule has 0 radical (unpaired) electrons. The first kappa shape index (κ1) is 53.8. The Labute approximate surface area is 295 Å². The topological polar surface area (TPSA) is 522 Å². The van der Waals surface area contributed by atoms with Gasteiger partial charge in [0.05, 0.1) is 23.9 Å². The molecule has 0 aliphatic heterocycles. The molecule has 0 amide bonds. The summed E-state index contributed by atoms with van der Waals surface area (Å²) >= 11 is 0. The van der Waals surface area contributed by atoms with Gasteiger partial charge in [-0.3, -0.25) is 20.0 Å². The fraction of sp³-hybridized carbons (Fsp3) is 0.667. The second kappa shape index (κ2) is 34.7. The van der Waals surface area contributed by atoms with Crippen LogP contribution in [-0.2, 0) is 19.2 Å². The van der Waals surface area contributed by atoms with E-state index in [1.54, 1.807) is 0 Å².